The molecular formula is C19H28N4O. The minimum atomic E-state index is 0.259. The standard InChI is InChI=1S/C19H28N4O/c1-3-10-22-11-8-14(9-12-22)23-18-17(13-20-21(18)2)15-6-4-5-7-16(15)19(23)24/h13-14H,3-12H2,1-2H3. The lowest BCUT2D eigenvalue weighted by Crippen LogP contribution is -2.39. The van der Waals surface area contributed by atoms with Crippen LogP contribution in [0.4, 0.5) is 0 Å². The minimum absolute atomic E-state index is 0.259. The maximum atomic E-state index is 13.3. The van der Waals surface area contributed by atoms with E-state index in [-0.39, 0.29) is 5.56 Å². The summed E-state index contributed by atoms with van der Waals surface area (Å²) in [5.74, 6) is 0. The third-order valence-corrected chi connectivity index (χ3v) is 5.87. The largest absolute Gasteiger partial charge is 0.303 e. The summed E-state index contributed by atoms with van der Waals surface area (Å²) in [5, 5.41) is 5.70. The summed E-state index contributed by atoms with van der Waals surface area (Å²) in [4.78, 5) is 15.8. The molecule has 0 radical (unpaired) electrons. The maximum Gasteiger partial charge on any atom is 0.255 e. The molecule has 0 N–H and O–H groups in total. The molecule has 0 bridgehead atoms. The summed E-state index contributed by atoms with van der Waals surface area (Å²) in [6.45, 7) is 5.61. The van der Waals surface area contributed by atoms with E-state index in [1.165, 1.54) is 30.3 Å². The van der Waals surface area contributed by atoms with E-state index in [2.05, 4.69) is 21.5 Å². The summed E-state index contributed by atoms with van der Waals surface area (Å²) < 4.78 is 4.00. The van der Waals surface area contributed by atoms with Gasteiger partial charge < -0.3 is 4.90 Å². The average Bonchev–Trinajstić information content (AvgIpc) is 2.99. The fourth-order valence-electron chi connectivity index (χ4n) is 4.67. The molecule has 4 rings (SSSR count). The molecule has 0 spiro atoms. The Hall–Kier alpha value is -1.62. The van der Waals surface area contributed by atoms with Crippen LogP contribution in [0, 0.1) is 0 Å². The molecule has 1 aliphatic heterocycles. The highest BCUT2D eigenvalue weighted by molar-refractivity contribution is 5.80. The van der Waals surface area contributed by atoms with E-state index in [1.807, 2.05) is 17.9 Å². The molecule has 1 saturated heterocycles. The zero-order chi connectivity index (χ0) is 16.7. The molecular weight excluding hydrogens is 300 g/mol. The first kappa shape index (κ1) is 15.9. The Labute approximate surface area is 143 Å². The van der Waals surface area contributed by atoms with Crippen molar-refractivity contribution in [2.45, 2.75) is 57.9 Å². The van der Waals surface area contributed by atoms with Gasteiger partial charge in [-0.2, -0.15) is 5.10 Å². The van der Waals surface area contributed by atoms with Crippen LogP contribution in [0.25, 0.3) is 11.0 Å². The van der Waals surface area contributed by atoms with E-state index in [0.29, 0.717) is 6.04 Å². The van der Waals surface area contributed by atoms with Gasteiger partial charge in [0.1, 0.15) is 5.65 Å². The molecule has 0 atom stereocenters. The van der Waals surface area contributed by atoms with E-state index in [0.717, 1.165) is 56.4 Å². The van der Waals surface area contributed by atoms with Crippen molar-refractivity contribution in [3.05, 3.63) is 27.7 Å². The highest BCUT2D eigenvalue weighted by atomic mass is 16.1. The molecule has 0 saturated carbocycles. The van der Waals surface area contributed by atoms with Crippen LogP contribution in [0.2, 0.25) is 0 Å². The van der Waals surface area contributed by atoms with Crippen molar-refractivity contribution in [3.8, 4) is 0 Å². The summed E-state index contributed by atoms with van der Waals surface area (Å²) >= 11 is 0. The number of pyridine rings is 1. The lowest BCUT2D eigenvalue weighted by molar-refractivity contribution is 0.186. The Morgan fingerprint density at radius 1 is 1.17 bits per heavy atom. The number of likely N-dealkylation sites (tertiary alicyclic amines) is 1. The number of piperidine rings is 1. The van der Waals surface area contributed by atoms with Gasteiger partial charge in [0.15, 0.2) is 0 Å². The molecule has 5 nitrogen and oxygen atoms in total. The van der Waals surface area contributed by atoms with E-state index in [1.54, 1.807) is 0 Å². The van der Waals surface area contributed by atoms with Crippen molar-refractivity contribution >= 4 is 11.0 Å². The third-order valence-electron chi connectivity index (χ3n) is 5.87. The number of aromatic nitrogens is 3. The molecule has 2 aromatic heterocycles. The summed E-state index contributed by atoms with van der Waals surface area (Å²) in [5.41, 5.74) is 3.64. The number of aryl methyl sites for hydroxylation is 2. The van der Waals surface area contributed by atoms with Crippen LogP contribution >= 0.6 is 0 Å². The van der Waals surface area contributed by atoms with Crippen molar-refractivity contribution in [1.82, 2.24) is 19.2 Å². The van der Waals surface area contributed by atoms with Gasteiger partial charge in [0.2, 0.25) is 0 Å². The number of fused-ring (bicyclic) bond motifs is 3. The average molecular weight is 328 g/mol. The summed E-state index contributed by atoms with van der Waals surface area (Å²) in [7, 11) is 1.97. The molecule has 2 aromatic rings. The van der Waals surface area contributed by atoms with Crippen LogP contribution in [0.1, 0.15) is 56.2 Å². The SMILES string of the molecule is CCCN1CCC(n2c(=O)c3c(c4cnn(C)c42)CCCC3)CC1. The van der Waals surface area contributed by atoms with Crippen molar-refractivity contribution in [2.75, 3.05) is 19.6 Å². The number of rotatable bonds is 3. The number of nitrogens with zero attached hydrogens (tertiary/aromatic N) is 4. The van der Waals surface area contributed by atoms with Crippen LogP contribution < -0.4 is 5.56 Å². The van der Waals surface area contributed by atoms with E-state index >= 15 is 0 Å². The molecule has 3 heterocycles. The van der Waals surface area contributed by atoms with E-state index in [9.17, 15) is 4.79 Å². The summed E-state index contributed by atoms with van der Waals surface area (Å²) in [6, 6.07) is 0.315. The number of hydrogen-bond acceptors (Lipinski definition) is 3. The zero-order valence-corrected chi connectivity index (χ0v) is 14.9. The first-order valence-corrected chi connectivity index (χ1v) is 9.51. The lowest BCUT2D eigenvalue weighted by Gasteiger charge is -2.33. The second-order valence-corrected chi connectivity index (χ2v) is 7.42. The Balaban J connectivity index is 1.79. The normalized spacial score (nSPS) is 19.8. The highest BCUT2D eigenvalue weighted by Crippen LogP contribution is 2.30. The Kier molecular flexibility index (Phi) is 4.21. The van der Waals surface area contributed by atoms with Gasteiger partial charge in [-0.1, -0.05) is 6.92 Å². The van der Waals surface area contributed by atoms with Crippen LogP contribution in [-0.4, -0.2) is 38.9 Å². The quantitative estimate of drug-likeness (QED) is 0.870. The first-order chi connectivity index (χ1) is 11.7. The van der Waals surface area contributed by atoms with Gasteiger partial charge in [-0.05, 0) is 57.1 Å². The van der Waals surface area contributed by atoms with Crippen LogP contribution in [0.5, 0.6) is 0 Å². The van der Waals surface area contributed by atoms with E-state index < -0.39 is 0 Å². The van der Waals surface area contributed by atoms with Crippen LogP contribution in [0.15, 0.2) is 11.0 Å². The van der Waals surface area contributed by atoms with Crippen molar-refractivity contribution in [1.29, 1.82) is 0 Å². The molecule has 2 aliphatic rings. The molecule has 1 fully saturated rings. The molecule has 1 aliphatic carbocycles. The topological polar surface area (TPSA) is 43.1 Å². The smallest absolute Gasteiger partial charge is 0.255 e. The zero-order valence-electron chi connectivity index (χ0n) is 14.9. The second kappa shape index (κ2) is 6.36. The Morgan fingerprint density at radius 2 is 1.88 bits per heavy atom. The van der Waals surface area contributed by atoms with Gasteiger partial charge in [-0.15, -0.1) is 0 Å². The van der Waals surface area contributed by atoms with Crippen molar-refractivity contribution < 1.29 is 0 Å². The predicted octanol–water partition coefficient (Wildman–Crippen LogP) is 2.66. The molecule has 130 valence electrons. The Morgan fingerprint density at radius 3 is 2.58 bits per heavy atom. The molecule has 24 heavy (non-hydrogen) atoms. The minimum Gasteiger partial charge on any atom is -0.303 e. The van der Waals surface area contributed by atoms with Crippen LogP contribution in [-0.2, 0) is 19.9 Å². The monoisotopic (exact) mass is 328 g/mol. The molecule has 0 amide bonds. The van der Waals surface area contributed by atoms with Crippen LogP contribution in [0.3, 0.4) is 0 Å². The third kappa shape index (κ3) is 2.50. The van der Waals surface area contributed by atoms with Crippen molar-refractivity contribution in [3.63, 3.8) is 0 Å². The second-order valence-electron chi connectivity index (χ2n) is 7.42. The van der Waals surface area contributed by atoms with Crippen molar-refractivity contribution in [2.24, 2.45) is 7.05 Å². The fraction of sp³-hybridized carbons (Fsp3) is 0.684. The molecule has 0 unspecified atom stereocenters. The predicted molar refractivity (Wildman–Crippen MR) is 96.6 cm³/mol. The van der Waals surface area contributed by atoms with Gasteiger partial charge >= 0.3 is 0 Å². The van der Waals surface area contributed by atoms with Gasteiger partial charge in [0.25, 0.3) is 5.56 Å². The number of hydrogen-bond donors (Lipinski definition) is 0. The molecule has 0 aromatic carbocycles. The lowest BCUT2D eigenvalue weighted by atomic mass is 9.90. The van der Waals surface area contributed by atoms with Gasteiger partial charge in [-0.25, -0.2) is 0 Å². The fourth-order valence-corrected chi connectivity index (χ4v) is 4.67. The summed E-state index contributed by atoms with van der Waals surface area (Å²) in [6.07, 6.45) is 9.62. The highest BCUT2D eigenvalue weighted by Gasteiger charge is 2.27. The Bertz CT molecular complexity index is 796. The first-order valence-electron chi connectivity index (χ1n) is 9.51. The maximum absolute atomic E-state index is 13.3. The van der Waals surface area contributed by atoms with Gasteiger partial charge in [0, 0.05) is 37.1 Å². The molecule has 5 heteroatoms. The van der Waals surface area contributed by atoms with Gasteiger partial charge in [-0.3, -0.25) is 14.0 Å². The van der Waals surface area contributed by atoms with Gasteiger partial charge in [0.05, 0.1) is 6.20 Å². The van der Waals surface area contributed by atoms with E-state index in [4.69, 9.17) is 0 Å².